The second-order valence-corrected chi connectivity index (χ2v) is 9.76. The van der Waals surface area contributed by atoms with Crippen LogP contribution in [0.25, 0.3) is 11.3 Å². The van der Waals surface area contributed by atoms with Gasteiger partial charge in [0.1, 0.15) is 11.9 Å². The molecule has 2 aromatic rings. The van der Waals surface area contributed by atoms with E-state index in [1.54, 1.807) is 0 Å². The number of hydrogen-bond donors (Lipinski definition) is 0. The van der Waals surface area contributed by atoms with E-state index in [0.717, 1.165) is 47.4 Å². The van der Waals surface area contributed by atoms with Gasteiger partial charge in [-0.2, -0.15) is 0 Å². The Kier molecular flexibility index (Phi) is 5.17. The quantitative estimate of drug-likeness (QED) is 0.767. The third kappa shape index (κ3) is 4.22. The van der Waals surface area contributed by atoms with E-state index in [0.29, 0.717) is 11.3 Å². The number of nitrogens with zero attached hydrogens (tertiary/aromatic N) is 4. The molecular weight excluding hydrogens is 352 g/mol. The van der Waals surface area contributed by atoms with E-state index in [1.807, 2.05) is 26.0 Å². The fourth-order valence-corrected chi connectivity index (χ4v) is 4.65. The molecular formula is C22H32N4O2. The molecule has 2 aliphatic rings. The lowest BCUT2D eigenvalue weighted by molar-refractivity contribution is 0.173. The Bertz CT molecular complexity index is 775. The predicted octanol–water partition coefficient (Wildman–Crippen LogP) is 4.27. The first-order valence-electron chi connectivity index (χ1n) is 10.4. The van der Waals surface area contributed by atoms with E-state index in [-0.39, 0.29) is 6.10 Å². The van der Waals surface area contributed by atoms with Crippen LogP contribution in [-0.4, -0.2) is 46.0 Å². The number of fused-ring (bicyclic) bond motifs is 1. The molecule has 6 nitrogen and oxygen atoms in total. The molecule has 0 spiro atoms. The minimum absolute atomic E-state index is 0.263. The summed E-state index contributed by atoms with van der Waals surface area (Å²) in [5.41, 5.74) is 2.95. The Morgan fingerprint density at radius 2 is 1.82 bits per heavy atom. The number of aromatic nitrogens is 3. The smallest absolute Gasteiger partial charge is 0.233 e. The van der Waals surface area contributed by atoms with Crippen LogP contribution in [0.1, 0.15) is 51.5 Å². The zero-order valence-corrected chi connectivity index (χ0v) is 17.7. The van der Waals surface area contributed by atoms with Crippen LogP contribution >= 0.6 is 0 Å². The van der Waals surface area contributed by atoms with Crippen molar-refractivity contribution in [3.63, 3.8) is 0 Å². The minimum atomic E-state index is 0.263. The van der Waals surface area contributed by atoms with Crippen LogP contribution in [0, 0.1) is 31.1 Å². The Morgan fingerprint density at radius 1 is 1.11 bits per heavy atom. The molecule has 1 saturated heterocycles. The van der Waals surface area contributed by atoms with Crippen LogP contribution in [0.2, 0.25) is 0 Å². The highest BCUT2D eigenvalue weighted by Crippen LogP contribution is 2.40. The zero-order valence-electron chi connectivity index (χ0n) is 17.7. The standard InChI is InChI=1S/C22H32N4O2/c1-14-21(15(2)28-25-14)19-6-7-20(24-23-19)27-18-10-16-12-26(13-17(16)11-18)9-8-22(3,4)5/h6-7,16-18H,8-13H2,1-5H3/t16-,17+,18-. The van der Waals surface area contributed by atoms with Gasteiger partial charge in [-0.1, -0.05) is 25.9 Å². The summed E-state index contributed by atoms with van der Waals surface area (Å²) in [5, 5.41) is 12.6. The number of hydrogen-bond acceptors (Lipinski definition) is 6. The number of aryl methyl sites for hydroxylation is 2. The number of ether oxygens (including phenoxy) is 1. The Morgan fingerprint density at radius 3 is 2.36 bits per heavy atom. The fraction of sp³-hybridized carbons (Fsp3) is 0.682. The predicted molar refractivity (Wildman–Crippen MR) is 108 cm³/mol. The van der Waals surface area contributed by atoms with E-state index < -0.39 is 0 Å². The van der Waals surface area contributed by atoms with E-state index in [4.69, 9.17) is 9.26 Å². The first kappa shape index (κ1) is 19.4. The van der Waals surface area contributed by atoms with Crippen LogP contribution in [0.5, 0.6) is 5.88 Å². The van der Waals surface area contributed by atoms with E-state index in [1.165, 1.54) is 26.1 Å². The average Bonchev–Trinajstić information content (AvgIpc) is 3.27. The van der Waals surface area contributed by atoms with E-state index >= 15 is 0 Å². The molecule has 1 aliphatic heterocycles. The van der Waals surface area contributed by atoms with Crippen LogP contribution in [0.4, 0.5) is 0 Å². The van der Waals surface area contributed by atoms with Crippen molar-refractivity contribution in [2.24, 2.45) is 17.3 Å². The van der Waals surface area contributed by atoms with Crippen molar-refractivity contribution in [1.82, 2.24) is 20.3 Å². The molecule has 0 aromatic carbocycles. The molecule has 28 heavy (non-hydrogen) atoms. The molecule has 2 aromatic heterocycles. The van der Waals surface area contributed by atoms with Gasteiger partial charge in [0, 0.05) is 19.2 Å². The molecule has 2 fully saturated rings. The number of rotatable bonds is 5. The lowest BCUT2D eigenvalue weighted by atomic mass is 9.92. The van der Waals surface area contributed by atoms with E-state index in [9.17, 15) is 0 Å². The summed E-state index contributed by atoms with van der Waals surface area (Å²) < 4.78 is 11.4. The monoisotopic (exact) mass is 384 g/mol. The Balaban J connectivity index is 1.30. The Labute approximate surface area is 167 Å². The van der Waals surface area contributed by atoms with E-state index in [2.05, 4.69) is 41.0 Å². The molecule has 3 atom stereocenters. The highest BCUT2D eigenvalue weighted by Gasteiger charge is 2.41. The average molecular weight is 385 g/mol. The zero-order chi connectivity index (χ0) is 19.9. The minimum Gasteiger partial charge on any atom is -0.473 e. The first-order chi connectivity index (χ1) is 13.3. The second kappa shape index (κ2) is 7.47. The van der Waals surface area contributed by atoms with Crippen molar-refractivity contribution in [1.29, 1.82) is 0 Å². The fourth-order valence-electron chi connectivity index (χ4n) is 4.65. The highest BCUT2D eigenvalue weighted by atomic mass is 16.5. The van der Waals surface area contributed by atoms with Gasteiger partial charge >= 0.3 is 0 Å². The maximum absolute atomic E-state index is 6.16. The molecule has 152 valence electrons. The van der Waals surface area contributed by atoms with Gasteiger partial charge < -0.3 is 14.2 Å². The SMILES string of the molecule is Cc1noc(C)c1-c1ccc(O[C@@H]2C[C@@H]3CN(CCC(C)(C)C)C[C@@H]3C2)nn1. The largest absolute Gasteiger partial charge is 0.473 e. The molecule has 1 saturated carbocycles. The molecule has 0 amide bonds. The van der Waals surface area contributed by atoms with Gasteiger partial charge in [0.25, 0.3) is 0 Å². The van der Waals surface area contributed by atoms with Crippen molar-refractivity contribution in [3.05, 3.63) is 23.6 Å². The summed E-state index contributed by atoms with van der Waals surface area (Å²) in [6, 6.07) is 3.86. The van der Waals surface area contributed by atoms with Gasteiger partial charge in [-0.15, -0.1) is 10.2 Å². The summed E-state index contributed by atoms with van der Waals surface area (Å²) in [7, 11) is 0. The molecule has 0 radical (unpaired) electrons. The lowest BCUT2D eigenvalue weighted by Crippen LogP contribution is -2.28. The summed E-state index contributed by atoms with van der Waals surface area (Å²) in [6.07, 6.45) is 3.78. The van der Waals surface area contributed by atoms with Crippen molar-refractivity contribution in [3.8, 4) is 17.1 Å². The van der Waals surface area contributed by atoms with Gasteiger partial charge in [-0.05, 0) is 63.0 Å². The molecule has 3 heterocycles. The van der Waals surface area contributed by atoms with Crippen LogP contribution < -0.4 is 4.74 Å². The highest BCUT2D eigenvalue weighted by molar-refractivity contribution is 5.63. The van der Waals surface area contributed by atoms with Crippen molar-refractivity contribution < 1.29 is 9.26 Å². The summed E-state index contributed by atoms with van der Waals surface area (Å²) in [5.74, 6) is 2.91. The van der Waals surface area contributed by atoms with Gasteiger partial charge in [-0.3, -0.25) is 0 Å². The molecule has 4 rings (SSSR count). The summed E-state index contributed by atoms with van der Waals surface area (Å²) in [4.78, 5) is 2.65. The van der Waals surface area contributed by atoms with Crippen molar-refractivity contribution in [2.45, 2.75) is 60.0 Å². The van der Waals surface area contributed by atoms with Crippen molar-refractivity contribution in [2.75, 3.05) is 19.6 Å². The normalized spacial score (nSPS) is 25.2. The topological polar surface area (TPSA) is 64.3 Å². The molecule has 0 unspecified atom stereocenters. The third-order valence-electron chi connectivity index (χ3n) is 6.18. The Hall–Kier alpha value is -1.95. The second-order valence-electron chi connectivity index (χ2n) is 9.76. The maximum atomic E-state index is 6.16. The first-order valence-corrected chi connectivity index (χ1v) is 10.4. The maximum Gasteiger partial charge on any atom is 0.233 e. The van der Waals surface area contributed by atoms with Gasteiger partial charge in [0.05, 0.1) is 17.0 Å². The molecule has 1 aliphatic carbocycles. The van der Waals surface area contributed by atoms with Crippen LogP contribution in [0.3, 0.4) is 0 Å². The van der Waals surface area contributed by atoms with Gasteiger partial charge in [-0.25, -0.2) is 0 Å². The van der Waals surface area contributed by atoms with Crippen molar-refractivity contribution >= 4 is 0 Å². The number of likely N-dealkylation sites (tertiary alicyclic amines) is 1. The third-order valence-corrected chi connectivity index (χ3v) is 6.18. The lowest BCUT2D eigenvalue weighted by Gasteiger charge is -2.24. The summed E-state index contributed by atoms with van der Waals surface area (Å²) >= 11 is 0. The van der Waals surface area contributed by atoms with Gasteiger partial charge in [0.2, 0.25) is 5.88 Å². The molecule has 0 N–H and O–H groups in total. The molecule has 6 heteroatoms. The van der Waals surface area contributed by atoms with Gasteiger partial charge in [0.15, 0.2) is 0 Å². The summed E-state index contributed by atoms with van der Waals surface area (Å²) in [6.45, 7) is 14.4. The van der Waals surface area contributed by atoms with Crippen LogP contribution in [-0.2, 0) is 0 Å². The van der Waals surface area contributed by atoms with Crippen LogP contribution in [0.15, 0.2) is 16.7 Å². The molecule has 0 bridgehead atoms.